The molecule has 0 aliphatic rings. The van der Waals surface area contributed by atoms with Crippen LogP contribution < -0.4 is 0 Å². The van der Waals surface area contributed by atoms with Crippen LogP contribution in [0.1, 0.15) is 65.2 Å². The summed E-state index contributed by atoms with van der Waals surface area (Å²) in [6.07, 6.45) is 11.2. The third-order valence-electron chi connectivity index (χ3n) is 2.36. The Labute approximate surface area is 97.3 Å². The van der Waals surface area contributed by atoms with Crippen molar-refractivity contribution in [3.63, 3.8) is 0 Å². The highest BCUT2D eigenvalue weighted by atomic mass is 127. The molecule has 0 atom stereocenters. The van der Waals surface area contributed by atoms with Crippen LogP contribution in [-0.2, 0) is 0 Å². The van der Waals surface area contributed by atoms with Crippen LogP contribution in [0.5, 0.6) is 0 Å². The smallest absolute Gasteiger partial charge is 0.0245 e. The second kappa shape index (κ2) is 10.6. The molecule has 0 heterocycles. The first-order valence-corrected chi connectivity index (χ1v) is 6.81. The van der Waals surface area contributed by atoms with Gasteiger partial charge in [-0.3, -0.25) is 0 Å². The standard InChI is InChI=1S/C12H23I/c1-3-4-5-6-7-8-9-10-12(2)11-13/h11H,3-10H2,1-2H3/b12-11+. The molecule has 0 aliphatic heterocycles. The molecular weight excluding hydrogens is 271 g/mol. The molecule has 0 aromatic heterocycles. The van der Waals surface area contributed by atoms with Crippen molar-refractivity contribution in [1.29, 1.82) is 0 Å². The monoisotopic (exact) mass is 294 g/mol. The van der Waals surface area contributed by atoms with E-state index < -0.39 is 0 Å². The van der Waals surface area contributed by atoms with Crippen LogP contribution in [0.15, 0.2) is 9.66 Å². The van der Waals surface area contributed by atoms with E-state index in [1.54, 1.807) is 0 Å². The van der Waals surface area contributed by atoms with Crippen molar-refractivity contribution in [1.82, 2.24) is 0 Å². The summed E-state index contributed by atoms with van der Waals surface area (Å²) in [5.74, 6) is 0. The summed E-state index contributed by atoms with van der Waals surface area (Å²) >= 11 is 2.33. The summed E-state index contributed by atoms with van der Waals surface area (Å²) in [7, 11) is 0. The van der Waals surface area contributed by atoms with Crippen LogP contribution in [0, 0.1) is 0 Å². The molecule has 0 fully saturated rings. The van der Waals surface area contributed by atoms with Gasteiger partial charge in [0.1, 0.15) is 0 Å². The molecule has 0 radical (unpaired) electrons. The third kappa shape index (κ3) is 10.4. The third-order valence-corrected chi connectivity index (χ3v) is 3.42. The van der Waals surface area contributed by atoms with Gasteiger partial charge in [-0.1, -0.05) is 73.6 Å². The van der Waals surface area contributed by atoms with Gasteiger partial charge < -0.3 is 0 Å². The van der Waals surface area contributed by atoms with Crippen LogP contribution in [0.25, 0.3) is 0 Å². The van der Waals surface area contributed by atoms with Crippen molar-refractivity contribution < 1.29 is 0 Å². The van der Waals surface area contributed by atoms with E-state index in [4.69, 9.17) is 0 Å². The summed E-state index contributed by atoms with van der Waals surface area (Å²) in [6, 6.07) is 0. The van der Waals surface area contributed by atoms with Crippen LogP contribution in [0.3, 0.4) is 0 Å². The Kier molecular flexibility index (Phi) is 10.9. The van der Waals surface area contributed by atoms with Crippen LogP contribution in [0.4, 0.5) is 0 Å². The highest BCUT2D eigenvalue weighted by molar-refractivity contribution is 14.1. The first-order valence-electron chi connectivity index (χ1n) is 5.57. The van der Waals surface area contributed by atoms with Crippen molar-refractivity contribution in [2.75, 3.05) is 0 Å². The minimum Gasteiger partial charge on any atom is -0.0673 e. The fourth-order valence-corrected chi connectivity index (χ4v) is 1.73. The van der Waals surface area contributed by atoms with Crippen molar-refractivity contribution in [3.8, 4) is 0 Å². The molecule has 0 aromatic carbocycles. The Morgan fingerprint density at radius 1 is 1.00 bits per heavy atom. The van der Waals surface area contributed by atoms with E-state index in [-0.39, 0.29) is 0 Å². The molecule has 0 N–H and O–H groups in total. The maximum absolute atomic E-state index is 2.33. The average Bonchev–Trinajstić information content (AvgIpc) is 2.16. The quantitative estimate of drug-likeness (QED) is 0.411. The minimum atomic E-state index is 1.30. The molecule has 0 saturated carbocycles. The van der Waals surface area contributed by atoms with Gasteiger partial charge in [0.15, 0.2) is 0 Å². The average molecular weight is 294 g/mol. The van der Waals surface area contributed by atoms with Gasteiger partial charge in [0.25, 0.3) is 0 Å². The van der Waals surface area contributed by atoms with Gasteiger partial charge in [-0.05, 0) is 23.8 Å². The number of allylic oxidation sites excluding steroid dienone is 1. The molecule has 0 aromatic rings. The fraction of sp³-hybridized carbons (Fsp3) is 0.833. The maximum Gasteiger partial charge on any atom is -0.0245 e. The van der Waals surface area contributed by atoms with E-state index in [1.807, 2.05) is 0 Å². The zero-order valence-electron chi connectivity index (χ0n) is 9.11. The lowest BCUT2D eigenvalue weighted by Gasteiger charge is -2.01. The Morgan fingerprint density at radius 3 is 2.08 bits per heavy atom. The maximum atomic E-state index is 2.33. The molecule has 0 unspecified atom stereocenters. The van der Waals surface area contributed by atoms with Gasteiger partial charge in [-0.2, -0.15) is 0 Å². The predicted octanol–water partition coefficient (Wildman–Crippen LogP) is 5.47. The van der Waals surface area contributed by atoms with Crippen molar-refractivity contribution in [3.05, 3.63) is 9.66 Å². The van der Waals surface area contributed by atoms with E-state index in [2.05, 4.69) is 40.5 Å². The zero-order chi connectivity index (χ0) is 9.94. The molecule has 0 nitrogen and oxygen atoms in total. The lowest BCUT2D eigenvalue weighted by Crippen LogP contribution is -1.81. The normalized spacial score (nSPS) is 12.1. The number of hydrogen-bond acceptors (Lipinski definition) is 0. The molecule has 78 valence electrons. The van der Waals surface area contributed by atoms with Gasteiger partial charge in [0, 0.05) is 0 Å². The minimum absolute atomic E-state index is 1.30. The van der Waals surface area contributed by atoms with E-state index in [1.165, 1.54) is 56.9 Å². The fourth-order valence-electron chi connectivity index (χ4n) is 1.42. The summed E-state index contributed by atoms with van der Waals surface area (Å²) < 4.78 is 2.20. The molecular formula is C12H23I. The Balaban J connectivity index is 3.00. The topological polar surface area (TPSA) is 0 Å². The predicted molar refractivity (Wildman–Crippen MR) is 70.4 cm³/mol. The SMILES string of the molecule is CCCCCCCCC/C(C)=C/I. The van der Waals surface area contributed by atoms with Gasteiger partial charge in [-0.25, -0.2) is 0 Å². The molecule has 0 spiro atoms. The van der Waals surface area contributed by atoms with Crippen LogP contribution >= 0.6 is 22.6 Å². The van der Waals surface area contributed by atoms with E-state index in [0.29, 0.717) is 0 Å². The summed E-state index contributed by atoms with van der Waals surface area (Å²) in [5.41, 5.74) is 1.54. The van der Waals surface area contributed by atoms with Crippen LogP contribution in [-0.4, -0.2) is 0 Å². The highest BCUT2D eigenvalue weighted by Gasteiger charge is 1.91. The molecule has 13 heavy (non-hydrogen) atoms. The Hall–Kier alpha value is 0.470. The summed E-state index contributed by atoms with van der Waals surface area (Å²) in [6.45, 7) is 4.50. The number of halogens is 1. The van der Waals surface area contributed by atoms with Crippen molar-refractivity contribution >= 4 is 22.6 Å². The summed E-state index contributed by atoms with van der Waals surface area (Å²) in [4.78, 5) is 0. The first kappa shape index (κ1) is 13.5. The molecule has 0 bridgehead atoms. The lowest BCUT2D eigenvalue weighted by molar-refractivity contribution is 0.589. The zero-order valence-corrected chi connectivity index (χ0v) is 11.3. The van der Waals surface area contributed by atoms with E-state index in [9.17, 15) is 0 Å². The first-order chi connectivity index (χ1) is 6.31. The second-order valence-corrected chi connectivity index (χ2v) is 4.45. The molecule has 0 aliphatic carbocycles. The second-order valence-electron chi connectivity index (χ2n) is 3.83. The van der Waals surface area contributed by atoms with Gasteiger partial charge >= 0.3 is 0 Å². The Morgan fingerprint density at radius 2 is 1.54 bits per heavy atom. The molecule has 0 amide bonds. The lowest BCUT2D eigenvalue weighted by atomic mass is 10.1. The molecule has 1 heteroatoms. The number of rotatable bonds is 8. The summed E-state index contributed by atoms with van der Waals surface area (Å²) in [5, 5.41) is 0. The van der Waals surface area contributed by atoms with E-state index >= 15 is 0 Å². The largest absolute Gasteiger partial charge is 0.0673 e. The van der Waals surface area contributed by atoms with Gasteiger partial charge in [0.2, 0.25) is 0 Å². The number of unbranched alkanes of at least 4 members (excludes halogenated alkanes) is 6. The Bertz CT molecular complexity index is 127. The van der Waals surface area contributed by atoms with Gasteiger partial charge in [-0.15, -0.1) is 0 Å². The molecule has 0 rings (SSSR count). The van der Waals surface area contributed by atoms with E-state index in [0.717, 1.165) is 0 Å². The van der Waals surface area contributed by atoms with Crippen molar-refractivity contribution in [2.45, 2.75) is 65.2 Å². The van der Waals surface area contributed by atoms with Crippen molar-refractivity contribution in [2.24, 2.45) is 0 Å². The number of hydrogen-bond donors (Lipinski definition) is 0. The van der Waals surface area contributed by atoms with Crippen LogP contribution in [0.2, 0.25) is 0 Å². The van der Waals surface area contributed by atoms with Gasteiger partial charge in [0.05, 0.1) is 0 Å². The highest BCUT2D eigenvalue weighted by Crippen LogP contribution is 2.12. The molecule has 0 saturated heterocycles.